The molecule has 4 aliphatic rings. The van der Waals surface area contributed by atoms with Crippen LogP contribution in [-0.4, -0.2) is 49.1 Å². The third-order valence-electron chi connectivity index (χ3n) is 5.97. The van der Waals surface area contributed by atoms with Crippen LogP contribution in [0.15, 0.2) is 0 Å². The predicted octanol–water partition coefficient (Wildman–Crippen LogP) is 0.975. The van der Waals surface area contributed by atoms with Gasteiger partial charge >= 0.3 is 0 Å². The van der Waals surface area contributed by atoms with Crippen molar-refractivity contribution < 1.29 is 4.79 Å². The third kappa shape index (κ3) is 2.48. The fraction of sp³-hybridized carbons (Fsp3) is 0.938. The van der Waals surface area contributed by atoms with Crippen molar-refractivity contribution in [3.63, 3.8) is 0 Å². The molecule has 2 saturated carbocycles. The van der Waals surface area contributed by atoms with Crippen LogP contribution >= 0.6 is 0 Å². The van der Waals surface area contributed by atoms with Gasteiger partial charge in [-0.05, 0) is 62.9 Å². The Morgan fingerprint density at radius 1 is 1.20 bits per heavy atom. The minimum absolute atomic E-state index is 0.100. The van der Waals surface area contributed by atoms with Gasteiger partial charge in [0.25, 0.3) is 0 Å². The van der Waals surface area contributed by atoms with Crippen molar-refractivity contribution in [2.45, 2.75) is 50.6 Å². The average Bonchev–Trinajstić information content (AvgIpc) is 2.90. The number of hydrogen-bond acceptors (Lipinski definition) is 3. The molecule has 2 N–H and O–H groups in total. The standard InChI is InChI=1S/C16H27N3O/c20-16(15-14-3-1-2-12(14)9-17-15)18-8-11-6-7-19(10-11)13-4-5-13/h11-15,17H,1-10H2,(H,18,20). The van der Waals surface area contributed by atoms with Crippen LogP contribution in [0, 0.1) is 17.8 Å². The van der Waals surface area contributed by atoms with Gasteiger partial charge in [0, 0.05) is 19.1 Å². The second-order valence-electron chi connectivity index (χ2n) is 7.37. The number of nitrogens with zero attached hydrogens (tertiary/aromatic N) is 1. The second-order valence-corrected chi connectivity index (χ2v) is 7.37. The first-order valence-electron chi connectivity index (χ1n) is 8.56. The third-order valence-corrected chi connectivity index (χ3v) is 5.97. The number of hydrogen-bond donors (Lipinski definition) is 2. The summed E-state index contributed by atoms with van der Waals surface area (Å²) >= 11 is 0. The first-order chi connectivity index (χ1) is 9.81. The molecular formula is C16H27N3O. The quantitative estimate of drug-likeness (QED) is 0.805. The van der Waals surface area contributed by atoms with E-state index in [9.17, 15) is 4.79 Å². The summed E-state index contributed by atoms with van der Waals surface area (Å²) in [6.45, 7) is 4.39. The lowest BCUT2D eigenvalue weighted by Crippen LogP contribution is -2.45. The van der Waals surface area contributed by atoms with Gasteiger partial charge in [-0.3, -0.25) is 4.79 Å². The molecule has 0 aromatic rings. The Bertz CT molecular complexity index is 382. The maximum Gasteiger partial charge on any atom is 0.237 e. The molecule has 2 heterocycles. The molecule has 0 aromatic carbocycles. The Morgan fingerprint density at radius 2 is 2.10 bits per heavy atom. The lowest BCUT2D eigenvalue weighted by atomic mass is 9.93. The number of nitrogens with one attached hydrogen (secondary N) is 2. The lowest BCUT2D eigenvalue weighted by Gasteiger charge is -2.19. The number of carbonyl (C=O) groups is 1. The van der Waals surface area contributed by atoms with Crippen LogP contribution < -0.4 is 10.6 Å². The van der Waals surface area contributed by atoms with Gasteiger partial charge in [-0.25, -0.2) is 0 Å². The Balaban J connectivity index is 1.24. The van der Waals surface area contributed by atoms with Gasteiger partial charge < -0.3 is 15.5 Å². The highest BCUT2D eigenvalue weighted by Gasteiger charge is 2.42. The topological polar surface area (TPSA) is 44.4 Å². The Labute approximate surface area is 121 Å². The maximum absolute atomic E-state index is 12.4. The summed E-state index contributed by atoms with van der Waals surface area (Å²) in [5, 5.41) is 6.68. The molecule has 20 heavy (non-hydrogen) atoms. The van der Waals surface area contributed by atoms with Crippen molar-refractivity contribution in [2.24, 2.45) is 17.8 Å². The fourth-order valence-electron chi connectivity index (χ4n) is 4.63. The van der Waals surface area contributed by atoms with Gasteiger partial charge in [0.1, 0.15) is 0 Å². The number of fused-ring (bicyclic) bond motifs is 1. The summed E-state index contributed by atoms with van der Waals surface area (Å²) in [7, 11) is 0. The van der Waals surface area contributed by atoms with Crippen molar-refractivity contribution in [1.82, 2.24) is 15.5 Å². The molecule has 2 aliphatic carbocycles. The van der Waals surface area contributed by atoms with E-state index in [-0.39, 0.29) is 11.9 Å². The number of likely N-dealkylation sites (tertiary alicyclic amines) is 1. The minimum Gasteiger partial charge on any atom is -0.354 e. The van der Waals surface area contributed by atoms with Crippen LogP contribution in [0.1, 0.15) is 38.5 Å². The summed E-state index contributed by atoms with van der Waals surface area (Å²) in [6.07, 6.45) is 7.94. The normalized spacial score (nSPS) is 41.0. The molecule has 0 spiro atoms. The zero-order valence-corrected chi connectivity index (χ0v) is 12.3. The van der Waals surface area contributed by atoms with Crippen molar-refractivity contribution in [3.05, 3.63) is 0 Å². The molecule has 0 aromatic heterocycles. The van der Waals surface area contributed by atoms with Crippen molar-refractivity contribution in [3.8, 4) is 0 Å². The molecule has 2 aliphatic heterocycles. The molecule has 4 rings (SSSR count). The molecule has 1 amide bonds. The molecule has 4 unspecified atom stereocenters. The molecule has 0 radical (unpaired) electrons. The summed E-state index contributed by atoms with van der Waals surface area (Å²) in [6, 6.07) is 0.981. The van der Waals surface area contributed by atoms with Gasteiger partial charge in [-0.1, -0.05) is 6.42 Å². The zero-order valence-electron chi connectivity index (χ0n) is 12.3. The van der Waals surface area contributed by atoms with Crippen LogP contribution in [0.25, 0.3) is 0 Å². The van der Waals surface area contributed by atoms with E-state index in [0.29, 0.717) is 11.8 Å². The fourth-order valence-corrected chi connectivity index (χ4v) is 4.63. The van der Waals surface area contributed by atoms with Crippen molar-refractivity contribution in [1.29, 1.82) is 0 Å². The van der Waals surface area contributed by atoms with Gasteiger partial charge in [0.2, 0.25) is 5.91 Å². The van der Waals surface area contributed by atoms with Crippen molar-refractivity contribution >= 4 is 5.91 Å². The summed E-state index contributed by atoms with van der Waals surface area (Å²) in [5.74, 6) is 2.33. The highest BCUT2D eigenvalue weighted by molar-refractivity contribution is 5.82. The molecule has 4 nitrogen and oxygen atoms in total. The second kappa shape index (κ2) is 5.30. The lowest BCUT2D eigenvalue weighted by molar-refractivity contribution is -0.123. The van der Waals surface area contributed by atoms with Crippen LogP contribution in [0.2, 0.25) is 0 Å². The van der Waals surface area contributed by atoms with E-state index in [1.165, 1.54) is 51.6 Å². The Kier molecular flexibility index (Phi) is 3.47. The van der Waals surface area contributed by atoms with E-state index < -0.39 is 0 Å². The Hall–Kier alpha value is -0.610. The van der Waals surface area contributed by atoms with Crippen LogP contribution in [0.3, 0.4) is 0 Å². The summed E-state index contributed by atoms with van der Waals surface area (Å²) in [5.41, 5.74) is 0. The highest BCUT2D eigenvalue weighted by Crippen LogP contribution is 2.37. The van der Waals surface area contributed by atoms with E-state index in [0.717, 1.165) is 25.0 Å². The molecule has 0 bridgehead atoms. The molecule has 4 atom stereocenters. The first-order valence-corrected chi connectivity index (χ1v) is 8.56. The molecule has 2 saturated heterocycles. The van der Waals surface area contributed by atoms with E-state index in [1.54, 1.807) is 0 Å². The number of rotatable bonds is 4. The summed E-state index contributed by atoms with van der Waals surface area (Å²) in [4.78, 5) is 15.0. The van der Waals surface area contributed by atoms with Crippen LogP contribution in [0.5, 0.6) is 0 Å². The van der Waals surface area contributed by atoms with Crippen molar-refractivity contribution in [2.75, 3.05) is 26.2 Å². The number of carbonyl (C=O) groups excluding carboxylic acids is 1. The van der Waals surface area contributed by atoms with E-state index >= 15 is 0 Å². The number of amides is 1. The monoisotopic (exact) mass is 277 g/mol. The van der Waals surface area contributed by atoms with Crippen LogP contribution in [-0.2, 0) is 4.79 Å². The Morgan fingerprint density at radius 3 is 2.95 bits per heavy atom. The maximum atomic E-state index is 12.4. The van der Waals surface area contributed by atoms with E-state index in [1.807, 2.05) is 0 Å². The molecular weight excluding hydrogens is 250 g/mol. The van der Waals surface area contributed by atoms with Gasteiger partial charge in [0.15, 0.2) is 0 Å². The smallest absolute Gasteiger partial charge is 0.237 e. The van der Waals surface area contributed by atoms with E-state index in [2.05, 4.69) is 15.5 Å². The molecule has 4 fully saturated rings. The van der Waals surface area contributed by atoms with Gasteiger partial charge in [-0.2, -0.15) is 0 Å². The summed E-state index contributed by atoms with van der Waals surface area (Å²) < 4.78 is 0. The van der Waals surface area contributed by atoms with Gasteiger partial charge in [0.05, 0.1) is 6.04 Å². The van der Waals surface area contributed by atoms with E-state index in [4.69, 9.17) is 0 Å². The van der Waals surface area contributed by atoms with Crippen LogP contribution in [0.4, 0.5) is 0 Å². The SMILES string of the molecule is O=C(NCC1CCN(C2CC2)C1)C1NCC2CCCC21. The largest absolute Gasteiger partial charge is 0.354 e. The first kappa shape index (κ1) is 13.1. The molecule has 112 valence electrons. The minimum atomic E-state index is 0.100. The predicted molar refractivity (Wildman–Crippen MR) is 78.3 cm³/mol. The van der Waals surface area contributed by atoms with Gasteiger partial charge in [-0.15, -0.1) is 0 Å². The average molecular weight is 277 g/mol. The zero-order chi connectivity index (χ0) is 13.5. The molecule has 4 heteroatoms. The highest BCUT2D eigenvalue weighted by atomic mass is 16.2.